The Morgan fingerprint density at radius 1 is 1.34 bits per heavy atom. The highest BCUT2D eigenvalue weighted by Gasteiger charge is 2.60. The number of carbonyl (C=O) groups excluding carboxylic acids is 2. The molecule has 2 fully saturated rings. The Kier molecular flexibility index (Phi) is 5.50. The van der Waals surface area contributed by atoms with E-state index in [4.69, 9.17) is 5.26 Å². The van der Waals surface area contributed by atoms with Crippen molar-refractivity contribution in [3.8, 4) is 6.07 Å². The van der Waals surface area contributed by atoms with E-state index in [9.17, 15) is 22.8 Å². The lowest BCUT2D eigenvalue weighted by Crippen LogP contribution is -2.55. The number of nitrogens with zero attached hydrogens (tertiary/aromatic N) is 4. The summed E-state index contributed by atoms with van der Waals surface area (Å²) in [6.07, 6.45) is -0.0685. The molecular formula is C21H18F3N5O2S. The number of rotatable bonds is 4. The molecule has 1 spiro atoms. The van der Waals surface area contributed by atoms with Crippen molar-refractivity contribution < 1.29 is 22.8 Å². The van der Waals surface area contributed by atoms with Crippen molar-refractivity contribution in [2.45, 2.75) is 36.7 Å². The molecule has 4 rings (SSSR count). The fraction of sp³-hybridized carbons (Fsp3) is 0.333. The lowest BCUT2D eigenvalue weighted by Gasteiger charge is -2.44. The zero-order chi connectivity index (χ0) is 23.2. The second-order valence-electron chi connectivity index (χ2n) is 7.56. The van der Waals surface area contributed by atoms with E-state index < -0.39 is 40.4 Å². The number of hydrogen-bond acceptors (Lipinski definition) is 6. The third kappa shape index (κ3) is 3.17. The fourth-order valence-electron chi connectivity index (χ4n) is 4.20. The number of pyridine rings is 1. The van der Waals surface area contributed by atoms with Gasteiger partial charge < -0.3 is 10.2 Å². The molecule has 7 nitrogen and oxygen atoms in total. The monoisotopic (exact) mass is 461 g/mol. The smallest absolute Gasteiger partial charge is 0.266 e. The van der Waals surface area contributed by atoms with E-state index in [0.717, 1.165) is 18.6 Å². The number of nitriles is 1. The lowest BCUT2D eigenvalue weighted by atomic mass is 9.75. The van der Waals surface area contributed by atoms with Crippen LogP contribution in [0.15, 0.2) is 30.5 Å². The van der Waals surface area contributed by atoms with Crippen LogP contribution in [0.3, 0.4) is 0 Å². The zero-order valence-electron chi connectivity index (χ0n) is 16.8. The van der Waals surface area contributed by atoms with Crippen molar-refractivity contribution >= 4 is 35.8 Å². The third-order valence-corrected chi connectivity index (χ3v) is 6.41. The highest BCUT2D eigenvalue weighted by atomic mass is 32.1. The van der Waals surface area contributed by atoms with Gasteiger partial charge in [-0.05, 0) is 43.5 Å². The van der Waals surface area contributed by atoms with Crippen LogP contribution in [0.1, 0.15) is 47.3 Å². The minimum atomic E-state index is -2.95. The van der Waals surface area contributed by atoms with Crippen molar-refractivity contribution in [3.63, 3.8) is 0 Å². The Morgan fingerprint density at radius 3 is 2.59 bits per heavy atom. The maximum absolute atomic E-state index is 14.6. The van der Waals surface area contributed by atoms with Gasteiger partial charge in [0.05, 0.1) is 23.0 Å². The Bertz CT molecular complexity index is 1150. The van der Waals surface area contributed by atoms with Crippen molar-refractivity contribution in [2.24, 2.45) is 0 Å². The molecule has 1 aliphatic heterocycles. The van der Waals surface area contributed by atoms with Gasteiger partial charge in [-0.15, -0.1) is 12.6 Å². The Hall–Kier alpha value is -3.26. The van der Waals surface area contributed by atoms with E-state index in [0.29, 0.717) is 18.5 Å². The number of anilines is 2. The third-order valence-electron chi connectivity index (χ3n) is 5.95. The molecule has 2 aliphatic rings. The molecule has 1 unspecified atom stereocenters. The number of benzene rings is 1. The molecule has 0 radical (unpaired) electrons. The van der Waals surface area contributed by atoms with Crippen molar-refractivity contribution in [3.05, 3.63) is 53.1 Å². The summed E-state index contributed by atoms with van der Waals surface area (Å²) in [5.74, 6) is -1.72. The van der Waals surface area contributed by atoms with Crippen LogP contribution in [0.2, 0.25) is 0 Å². The molecule has 1 aromatic heterocycles. The highest BCUT2D eigenvalue weighted by molar-refractivity contribution is 7.81. The van der Waals surface area contributed by atoms with Gasteiger partial charge in [0.15, 0.2) is 5.50 Å². The molecule has 2 aromatic rings. The Labute approximate surface area is 187 Å². The van der Waals surface area contributed by atoms with Gasteiger partial charge in [-0.2, -0.15) is 5.26 Å². The molecular weight excluding hydrogens is 443 g/mol. The minimum Gasteiger partial charge on any atom is -0.355 e. The summed E-state index contributed by atoms with van der Waals surface area (Å²) in [7, 11) is 1.39. The van der Waals surface area contributed by atoms with Crippen molar-refractivity contribution in [1.82, 2.24) is 10.3 Å². The maximum Gasteiger partial charge on any atom is 0.266 e. The molecule has 166 valence electrons. The molecule has 2 heterocycles. The molecule has 2 amide bonds. The van der Waals surface area contributed by atoms with E-state index in [2.05, 4.69) is 22.9 Å². The standard InChI is InChI=1S/C21H18F3N5O2S/c1-26-18(30)13-4-3-11(8-15(13)22)29-20(32)28(19(31)21(29)5-2-6-21)12-7-14(17(23)24)16(9-25)27-10-12/h3-4,7-8,10,17,20,32H,2,5-6H2,1H3,(H,26,30). The van der Waals surface area contributed by atoms with E-state index in [1.165, 1.54) is 30.3 Å². The molecule has 1 saturated carbocycles. The Morgan fingerprint density at radius 2 is 2.06 bits per heavy atom. The number of carbonyl (C=O) groups is 2. The van der Waals surface area contributed by atoms with Gasteiger partial charge in [-0.1, -0.05) is 0 Å². The number of hydrogen-bond donors (Lipinski definition) is 2. The molecule has 1 N–H and O–H groups in total. The number of nitrogens with one attached hydrogen (secondary N) is 1. The van der Waals surface area contributed by atoms with Crippen LogP contribution in [0.5, 0.6) is 0 Å². The zero-order valence-corrected chi connectivity index (χ0v) is 17.7. The van der Waals surface area contributed by atoms with Gasteiger partial charge in [0.2, 0.25) is 0 Å². The van der Waals surface area contributed by atoms with Crippen LogP contribution in [0.25, 0.3) is 0 Å². The minimum absolute atomic E-state index is 0.0699. The van der Waals surface area contributed by atoms with E-state index >= 15 is 0 Å². The first-order valence-corrected chi connectivity index (χ1v) is 10.3. The average molecular weight is 461 g/mol. The summed E-state index contributed by atoms with van der Waals surface area (Å²) in [5, 5.41) is 11.4. The average Bonchev–Trinajstić information content (AvgIpc) is 2.99. The van der Waals surface area contributed by atoms with Gasteiger partial charge in [0, 0.05) is 12.7 Å². The summed E-state index contributed by atoms with van der Waals surface area (Å²) >= 11 is 4.57. The van der Waals surface area contributed by atoms with Crippen LogP contribution in [0.4, 0.5) is 24.5 Å². The second kappa shape index (κ2) is 8.02. The first-order chi connectivity index (χ1) is 15.2. The van der Waals surface area contributed by atoms with Gasteiger partial charge in [-0.3, -0.25) is 14.5 Å². The summed E-state index contributed by atoms with van der Waals surface area (Å²) in [5.41, 5.74) is -2.69. The van der Waals surface area contributed by atoms with E-state index in [1.807, 2.05) is 0 Å². The highest BCUT2D eigenvalue weighted by Crippen LogP contribution is 2.50. The second-order valence-corrected chi connectivity index (χ2v) is 8.03. The molecule has 1 aliphatic carbocycles. The Balaban J connectivity index is 1.78. The van der Waals surface area contributed by atoms with Crippen LogP contribution in [-0.4, -0.2) is 34.9 Å². The number of aromatic nitrogens is 1. The first kappa shape index (κ1) is 22.0. The number of halogens is 3. The number of thiol groups is 1. The maximum atomic E-state index is 14.6. The van der Waals surface area contributed by atoms with Crippen LogP contribution in [0, 0.1) is 17.1 Å². The molecule has 0 bridgehead atoms. The number of amides is 2. The summed E-state index contributed by atoms with van der Waals surface area (Å²) in [6.45, 7) is 0. The van der Waals surface area contributed by atoms with Gasteiger partial charge in [0.1, 0.15) is 23.1 Å². The fourth-order valence-corrected chi connectivity index (χ4v) is 4.79. The number of alkyl halides is 2. The molecule has 1 aromatic carbocycles. The van der Waals surface area contributed by atoms with E-state index in [-0.39, 0.29) is 17.2 Å². The summed E-state index contributed by atoms with van der Waals surface area (Å²) < 4.78 is 41.5. The van der Waals surface area contributed by atoms with Crippen LogP contribution < -0.4 is 15.1 Å². The van der Waals surface area contributed by atoms with Gasteiger partial charge >= 0.3 is 0 Å². The van der Waals surface area contributed by atoms with E-state index in [1.54, 1.807) is 11.0 Å². The predicted molar refractivity (Wildman–Crippen MR) is 113 cm³/mol. The normalized spacial score (nSPS) is 19.3. The van der Waals surface area contributed by atoms with Crippen LogP contribution in [-0.2, 0) is 4.79 Å². The molecule has 32 heavy (non-hydrogen) atoms. The molecule has 1 saturated heterocycles. The van der Waals surface area contributed by atoms with Crippen molar-refractivity contribution in [1.29, 1.82) is 5.26 Å². The largest absolute Gasteiger partial charge is 0.355 e. The van der Waals surface area contributed by atoms with Crippen LogP contribution >= 0.6 is 12.6 Å². The topological polar surface area (TPSA) is 89.3 Å². The van der Waals surface area contributed by atoms with Gasteiger partial charge in [0.25, 0.3) is 18.2 Å². The summed E-state index contributed by atoms with van der Waals surface area (Å²) in [4.78, 5) is 31.9. The van der Waals surface area contributed by atoms with Crippen molar-refractivity contribution in [2.75, 3.05) is 16.8 Å². The molecule has 1 atom stereocenters. The summed E-state index contributed by atoms with van der Waals surface area (Å²) in [6, 6.07) is 6.68. The predicted octanol–water partition coefficient (Wildman–Crippen LogP) is 3.38. The SMILES string of the molecule is CNC(=O)c1ccc(N2C(S)N(c3cnc(C#N)c(C(F)F)c3)C(=O)C23CCC3)cc1F. The quantitative estimate of drug-likeness (QED) is 0.682. The van der Waals surface area contributed by atoms with Gasteiger partial charge in [-0.25, -0.2) is 18.2 Å². The molecule has 11 heteroatoms. The first-order valence-electron chi connectivity index (χ1n) is 9.76. The lowest BCUT2D eigenvalue weighted by molar-refractivity contribution is -0.124.